The van der Waals surface area contributed by atoms with Crippen LogP contribution in [0.3, 0.4) is 0 Å². The summed E-state index contributed by atoms with van der Waals surface area (Å²) in [4.78, 5) is 0. The first-order chi connectivity index (χ1) is 8.29. The topological polar surface area (TPSA) is 42.6 Å². The van der Waals surface area contributed by atoms with Crippen molar-refractivity contribution in [2.75, 3.05) is 6.61 Å². The van der Waals surface area contributed by atoms with E-state index in [1.807, 2.05) is 43.3 Å². The van der Waals surface area contributed by atoms with Crippen LogP contribution in [0.15, 0.2) is 47.1 Å². The maximum atomic E-state index is 10.0. The van der Waals surface area contributed by atoms with Crippen molar-refractivity contribution >= 4 is 0 Å². The van der Waals surface area contributed by atoms with Gasteiger partial charge in [0.25, 0.3) is 0 Å². The van der Waals surface area contributed by atoms with E-state index in [1.54, 1.807) is 6.26 Å². The van der Waals surface area contributed by atoms with E-state index in [0.29, 0.717) is 13.0 Å². The van der Waals surface area contributed by atoms with Crippen LogP contribution in [0.1, 0.15) is 24.4 Å². The minimum atomic E-state index is -0.545. The molecule has 0 fully saturated rings. The third kappa shape index (κ3) is 3.11. The van der Waals surface area contributed by atoms with Gasteiger partial charge in [0, 0.05) is 6.42 Å². The number of aliphatic hydroxyl groups excluding tert-OH is 1. The average molecular weight is 232 g/mol. The van der Waals surface area contributed by atoms with Crippen LogP contribution in [0.2, 0.25) is 0 Å². The van der Waals surface area contributed by atoms with E-state index in [9.17, 15) is 5.11 Å². The molecule has 0 spiro atoms. The highest BCUT2D eigenvalue weighted by Gasteiger charge is 2.10. The van der Waals surface area contributed by atoms with Crippen molar-refractivity contribution in [3.05, 3.63) is 54.0 Å². The number of ether oxygens (including phenoxy) is 1. The summed E-state index contributed by atoms with van der Waals surface area (Å²) in [6, 6.07) is 11.2. The van der Waals surface area contributed by atoms with Gasteiger partial charge < -0.3 is 14.3 Å². The summed E-state index contributed by atoms with van der Waals surface area (Å²) in [5.41, 5.74) is 0.866. The summed E-state index contributed by atoms with van der Waals surface area (Å²) in [5.74, 6) is 1.60. The van der Waals surface area contributed by atoms with Crippen LogP contribution in [0.5, 0.6) is 5.75 Å². The monoisotopic (exact) mass is 232 g/mol. The lowest BCUT2D eigenvalue weighted by Gasteiger charge is -2.10. The van der Waals surface area contributed by atoms with Gasteiger partial charge in [0.1, 0.15) is 11.5 Å². The van der Waals surface area contributed by atoms with Crippen molar-refractivity contribution in [2.24, 2.45) is 0 Å². The SMILES string of the molecule is CCOc1ccc(C(O)Cc2ccco2)cc1. The molecule has 1 aromatic carbocycles. The second-order valence-corrected chi connectivity index (χ2v) is 3.80. The predicted molar refractivity (Wildman–Crippen MR) is 65.0 cm³/mol. The molecule has 1 atom stereocenters. The van der Waals surface area contributed by atoms with Crippen molar-refractivity contribution in [3.8, 4) is 5.75 Å². The Morgan fingerprint density at radius 2 is 2.00 bits per heavy atom. The summed E-state index contributed by atoms with van der Waals surface area (Å²) < 4.78 is 10.5. The maximum absolute atomic E-state index is 10.0. The molecule has 0 bridgehead atoms. The van der Waals surface area contributed by atoms with Crippen molar-refractivity contribution in [1.82, 2.24) is 0 Å². The average Bonchev–Trinajstić information content (AvgIpc) is 2.83. The quantitative estimate of drug-likeness (QED) is 0.861. The third-order valence-corrected chi connectivity index (χ3v) is 2.55. The van der Waals surface area contributed by atoms with Gasteiger partial charge in [-0.1, -0.05) is 12.1 Å². The first-order valence-electron chi connectivity index (χ1n) is 5.73. The van der Waals surface area contributed by atoms with E-state index in [-0.39, 0.29) is 0 Å². The minimum Gasteiger partial charge on any atom is -0.494 e. The molecule has 3 nitrogen and oxygen atoms in total. The zero-order valence-electron chi connectivity index (χ0n) is 9.80. The first kappa shape index (κ1) is 11.7. The highest BCUT2D eigenvalue weighted by atomic mass is 16.5. The summed E-state index contributed by atoms with van der Waals surface area (Å²) in [6.07, 6.45) is 1.55. The van der Waals surface area contributed by atoms with Crippen LogP contribution in [0, 0.1) is 0 Å². The van der Waals surface area contributed by atoms with Gasteiger partial charge >= 0.3 is 0 Å². The van der Waals surface area contributed by atoms with Crippen LogP contribution in [-0.2, 0) is 6.42 Å². The predicted octanol–water partition coefficient (Wildman–Crippen LogP) is 2.95. The molecule has 0 saturated carbocycles. The lowest BCUT2D eigenvalue weighted by molar-refractivity contribution is 0.170. The Morgan fingerprint density at radius 1 is 1.24 bits per heavy atom. The number of hydrogen-bond donors (Lipinski definition) is 1. The van der Waals surface area contributed by atoms with Gasteiger partial charge in [0.15, 0.2) is 0 Å². The highest BCUT2D eigenvalue weighted by molar-refractivity contribution is 5.29. The van der Waals surface area contributed by atoms with E-state index in [2.05, 4.69) is 0 Å². The van der Waals surface area contributed by atoms with Gasteiger partial charge in [-0.05, 0) is 36.8 Å². The van der Waals surface area contributed by atoms with Gasteiger partial charge in [-0.3, -0.25) is 0 Å². The first-order valence-corrected chi connectivity index (χ1v) is 5.73. The Kier molecular flexibility index (Phi) is 3.83. The van der Waals surface area contributed by atoms with Crippen molar-refractivity contribution < 1.29 is 14.3 Å². The van der Waals surface area contributed by atoms with Crippen LogP contribution in [-0.4, -0.2) is 11.7 Å². The van der Waals surface area contributed by atoms with Crippen LogP contribution in [0.4, 0.5) is 0 Å². The third-order valence-electron chi connectivity index (χ3n) is 2.55. The molecule has 2 aromatic rings. The fraction of sp³-hybridized carbons (Fsp3) is 0.286. The summed E-state index contributed by atoms with van der Waals surface area (Å²) >= 11 is 0. The molecule has 2 rings (SSSR count). The summed E-state index contributed by atoms with van der Waals surface area (Å²) in [5, 5.41) is 10.0. The molecule has 1 heterocycles. The van der Waals surface area contributed by atoms with E-state index in [1.165, 1.54) is 0 Å². The Hall–Kier alpha value is -1.74. The Bertz CT molecular complexity index is 431. The molecule has 0 radical (unpaired) electrons. The molecule has 0 saturated heterocycles. The van der Waals surface area contributed by atoms with Crippen molar-refractivity contribution in [3.63, 3.8) is 0 Å². The number of hydrogen-bond acceptors (Lipinski definition) is 3. The fourth-order valence-electron chi connectivity index (χ4n) is 1.69. The maximum Gasteiger partial charge on any atom is 0.119 e. The highest BCUT2D eigenvalue weighted by Crippen LogP contribution is 2.21. The fourth-order valence-corrected chi connectivity index (χ4v) is 1.69. The van der Waals surface area contributed by atoms with Crippen LogP contribution in [0.25, 0.3) is 0 Å². The molecule has 0 amide bonds. The number of furan rings is 1. The Morgan fingerprint density at radius 3 is 2.59 bits per heavy atom. The largest absolute Gasteiger partial charge is 0.494 e. The second-order valence-electron chi connectivity index (χ2n) is 3.80. The lowest BCUT2D eigenvalue weighted by atomic mass is 10.1. The summed E-state index contributed by atoms with van der Waals surface area (Å²) in [7, 11) is 0. The molecule has 17 heavy (non-hydrogen) atoms. The number of rotatable bonds is 5. The molecule has 90 valence electrons. The molecule has 0 aliphatic heterocycles. The van der Waals surface area contributed by atoms with Crippen molar-refractivity contribution in [2.45, 2.75) is 19.4 Å². The van der Waals surface area contributed by atoms with E-state index < -0.39 is 6.10 Å². The molecular formula is C14H16O3. The standard InChI is InChI=1S/C14H16O3/c1-2-16-12-7-5-11(6-8-12)14(15)10-13-4-3-9-17-13/h3-9,14-15H,2,10H2,1H3. The van der Waals surface area contributed by atoms with E-state index in [0.717, 1.165) is 17.1 Å². The van der Waals surface area contributed by atoms with Crippen LogP contribution < -0.4 is 4.74 Å². The zero-order valence-corrected chi connectivity index (χ0v) is 9.80. The van der Waals surface area contributed by atoms with E-state index in [4.69, 9.17) is 9.15 Å². The van der Waals surface area contributed by atoms with Gasteiger partial charge in [0.05, 0.1) is 19.0 Å². The molecule has 0 aliphatic rings. The number of benzene rings is 1. The molecule has 1 N–H and O–H groups in total. The summed E-state index contributed by atoms with van der Waals surface area (Å²) in [6.45, 7) is 2.59. The number of aliphatic hydroxyl groups is 1. The Balaban J connectivity index is 2.01. The van der Waals surface area contributed by atoms with Gasteiger partial charge in [-0.15, -0.1) is 0 Å². The molecule has 1 unspecified atom stereocenters. The molecule has 0 aliphatic carbocycles. The Labute approximate surface area is 101 Å². The van der Waals surface area contributed by atoms with Gasteiger partial charge in [-0.2, -0.15) is 0 Å². The molecule has 1 aromatic heterocycles. The van der Waals surface area contributed by atoms with Gasteiger partial charge in [-0.25, -0.2) is 0 Å². The second kappa shape index (κ2) is 5.55. The lowest BCUT2D eigenvalue weighted by Crippen LogP contribution is -2.01. The van der Waals surface area contributed by atoms with Gasteiger partial charge in [0.2, 0.25) is 0 Å². The molecular weight excluding hydrogens is 216 g/mol. The van der Waals surface area contributed by atoms with Crippen molar-refractivity contribution in [1.29, 1.82) is 0 Å². The normalized spacial score (nSPS) is 12.4. The zero-order chi connectivity index (χ0) is 12.1. The van der Waals surface area contributed by atoms with Crippen LogP contribution >= 0.6 is 0 Å². The minimum absolute atomic E-state index is 0.487. The smallest absolute Gasteiger partial charge is 0.119 e. The molecule has 3 heteroatoms. The van der Waals surface area contributed by atoms with E-state index >= 15 is 0 Å².